The molecule has 0 radical (unpaired) electrons. The van der Waals surface area contributed by atoms with Gasteiger partial charge in [-0.2, -0.15) is 0 Å². The van der Waals surface area contributed by atoms with Gasteiger partial charge in [-0.1, -0.05) is 28.1 Å². The summed E-state index contributed by atoms with van der Waals surface area (Å²) in [6, 6.07) is 12.2. The van der Waals surface area contributed by atoms with Gasteiger partial charge in [-0.25, -0.2) is 4.98 Å². The highest BCUT2D eigenvalue weighted by Crippen LogP contribution is 2.34. The minimum Gasteiger partial charge on any atom is -0.338 e. The second-order valence-corrected chi connectivity index (χ2v) is 10.5. The lowest BCUT2D eigenvalue weighted by Gasteiger charge is -2.30. The van der Waals surface area contributed by atoms with Crippen LogP contribution in [0.1, 0.15) is 33.4 Å². The van der Waals surface area contributed by atoms with E-state index in [0.29, 0.717) is 5.92 Å². The van der Waals surface area contributed by atoms with E-state index >= 15 is 0 Å². The highest BCUT2D eigenvalue weighted by atomic mass is 79.9. The number of carbonyl (C=O) groups excluding carboxylic acids is 1. The molecule has 1 aliphatic rings. The topological polar surface area (TPSA) is 33.2 Å². The molecule has 0 bridgehead atoms. The number of thiazole rings is 1. The van der Waals surface area contributed by atoms with Gasteiger partial charge in [-0.3, -0.25) is 4.79 Å². The molecule has 0 unspecified atom stereocenters. The maximum absolute atomic E-state index is 12.7. The summed E-state index contributed by atoms with van der Waals surface area (Å²) in [6.07, 6.45) is 4.01. The maximum Gasteiger partial charge on any atom is 0.263 e. The summed E-state index contributed by atoms with van der Waals surface area (Å²) in [7, 11) is 0. The van der Waals surface area contributed by atoms with Gasteiger partial charge in [0.2, 0.25) is 0 Å². The summed E-state index contributed by atoms with van der Waals surface area (Å²) in [6.45, 7) is 1.61. The molecule has 0 N–H and O–H groups in total. The zero-order valence-corrected chi connectivity index (χ0v) is 18.9. The number of carbonyl (C=O) groups is 1. The van der Waals surface area contributed by atoms with Crippen LogP contribution in [0.3, 0.4) is 0 Å². The molecule has 140 valence electrons. The lowest BCUT2D eigenvalue weighted by Crippen LogP contribution is -2.37. The Hall–Kier alpha value is -1.15. The molecule has 1 saturated heterocycles. The molecule has 0 spiro atoms. The summed E-state index contributed by atoms with van der Waals surface area (Å²) in [5.41, 5.74) is 2.18. The number of piperidine rings is 1. The van der Waals surface area contributed by atoms with Crippen LogP contribution in [0.2, 0.25) is 0 Å². The number of thiophene rings is 1. The number of hydrogen-bond acceptors (Lipinski definition) is 5. The number of nitrogens with zero attached hydrogens (tertiary/aromatic N) is 2. The largest absolute Gasteiger partial charge is 0.338 e. The highest BCUT2D eigenvalue weighted by molar-refractivity contribution is 9.10. The third-order valence-corrected chi connectivity index (χ3v) is 8.42. The predicted molar refractivity (Wildman–Crippen MR) is 119 cm³/mol. The van der Waals surface area contributed by atoms with Gasteiger partial charge in [0.15, 0.2) is 0 Å². The summed E-state index contributed by atoms with van der Waals surface area (Å²) < 4.78 is 2.26. The van der Waals surface area contributed by atoms with Gasteiger partial charge in [-0.15, -0.1) is 34.4 Å². The predicted octanol–water partition coefficient (Wildman–Crippen LogP) is 6.38. The van der Waals surface area contributed by atoms with Crippen LogP contribution in [-0.4, -0.2) is 35.1 Å². The number of likely N-dealkylation sites (tertiary alicyclic amines) is 1. The average Bonchev–Trinajstić information content (AvgIpc) is 3.37. The third-order valence-electron chi connectivity index (χ3n) is 4.77. The number of benzene rings is 1. The van der Waals surface area contributed by atoms with E-state index in [1.165, 1.54) is 9.22 Å². The summed E-state index contributed by atoms with van der Waals surface area (Å²) in [5, 5.41) is 3.34. The first-order valence-corrected chi connectivity index (χ1v) is 12.5. The normalized spacial score (nSPS) is 15.3. The Morgan fingerprint density at radius 1 is 1.26 bits per heavy atom. The van der Waals surface area contributed by atoms with Gasteiger partial charge < -0.3 is 4.90 Å². The molecule has 0 saturated carbocycles. The van der Waals surface area contributed by atoms with Crippen molar-refractivity contribution in [2.75, 3.05) is 19.3 Å². The van der Waals surface area contributed by atoms with Crippen LogP contribution in [0.15, 0.2) is 50.5 Å². The van der Waals surface area contributed by atoms with E-state index < -0.39 is 0 Å². The van der Waals surface area contributed by atoms with Crippen molar-refractivity contribution in [3.05, 3.63) is 56.1 Å². The summed E-state index contributed by atoms with van der Waals surface area (Å²) in [4.78, 5) is 20.4. The Morgan fingerprint density at radius 2 is 2.07 bits per heavy atom. The molecular weight excluding hydrogens is 460 g/mol. The van der Waals surface area contributed by atoms with E-state index in [1.807, 2.05) is 35.4 Å². The SMILES string of the molecule is CSc1ccc(C(=O)N2CCC(c3nc(-c4cccc(Br)c4)cs3)CC2)s1. The van der Waals surface area contributed by atoms with E-state index in [-0.39, 0.29) is 5.91 Å². The first-order chi connectivity index (χ1) is 13.1. The van der Waals surface area contributed by atoms with Crippen LogP contribution in [0.4, 0.5) is 0 Å². The van der Waals surface area contributed by atoms with Crippen molar-refractivity contribution in [2.45, 2.75) is 23.0 Å². The van der Waals surface area contributed by atoms with Crippen LogP contribution < -0.4 is 0 Å². The van der Waals surface area contributed by atoms with Crippen molar-refractivity contribution in [1.82, 2.24) is 9.88 Å². The minimum absolute atomic E-state index is 0.174. The maximum atomic E-state index is 12.7. The van der Waals surface area contributed by atoms with Gasteiger partial charge in [0, 0.05) is 34.4 Å². The van der Waals surface area contributed by atoms with Crippen LogP contribution in [0, 0.1) is 0 Å². The minimum atomic E-state index is 0.174. The molecular formula is C20H19BrN2OS3. The average molecular weight is 479 g/mol. The van der Waals surface area contributed by atoms with E-state index in [1.54, 1.807) is 34.4 Å². The van der Waals surface area contributed by atoms with E-state index in [2.05, 4.69) is 33.4 Å². The van der Waals surface area contributed by atoms with Gasteiger partial charge in [-0.05, 0) is 43.4 Å². The summed E-state index contributed by atoms with van der Waals surface area (Å²) >= 11 is 8.55. The highest BCUT2D eigenvalue weighted by Gasteiger charge is 2.27. The Labute approximate surface area is 180 Å². The molecule has 2 aromatic heterocycles. The van der Waals surface area contributed by atoms with Gasteiger partial charge in [0.05, 0.1) is 19.8 Å². The van der Waals surface area contributed by atoms with E-state index in [0.717, 1.165) is 46.5 Å². The van der Waals surface area contributed by atoms with Gasteiger partial charge in [0.25, 0.3) is 5.91 Å². The van der Waals surface area contributed by atoms with Crippen LogP contribution in [0.25, 0.3) is 11.3 Å². The van der Waals surface area contributed by atoms with Crippen LogP contribution in [-0.2, 0) is 0 Å². The fourth-order valence-electron chi connectivity index (χ4n) is 3.29. The van der Waals surface area contributed by atoms with E-state index in [4.69, 9.17) is 4.98 Å². The quantitative estimate of drug-likeness (QED) is 0.408. The third kappa shape index (κ3) is 4.31. The second kappa shape index (κ2) is 8.47. The smallest absolute Gasteiger partial charge is 0.263 e. The monoisotopic (exact) mass is 478 g/mol. The first-order valence-electron chi connectivity index (χ1n) is 8.78. The summed E-state index contributed by atoms with van der Waals surface area (Å²) in [5.74, 6) is 0.623. The molecule has 3 heterocycles. The molecule has 1 fully saturated rings. The Bertz CT molecular complexity index is 944. The molecule has 27 heavy (non-hydrogen) atoms. The first kappa shape index (κ1) is 19.2. The molecule has 4 rings (SSSR count). The van der Waals surface area contributed by atoms with Crippen molar-refractivity contribution in [1.29, 1.82) is 0 Å². The molecule has 0 aliphatic carbocycles. The fourth-order valence-corrected chi connectivity index (χ4v) is 6.20. The van der Waals surface area contributed by atoms with Crippen LogP contribution in [0.5, 0.6) is 0 Å². The van der Waals surface area contributed by atoms with Gasteiger partial charge in [0.1, 0.15) is 0 Å². The number of amides is 1. The molecule has 1 aromatic carbocycles. The molecule has 0 atom stereocenters. The molecule has 1 amide bonds. The lowest BCUT2D eigenvalue weighted by molar-refractivity contribution is 0.0718. The number of hydrogen-bond donors (Lipinski definition) is 0. The Kier molecular flexibility index (Phi) is 6.02. The van der Waals surface area contributed by atoms with Crippen molar-refractivity contribution in [3.63, 3.8) is 0 Å². The number of rotatable bonds is 4. The van der Waals surface area contributed by atoms with Crippen molar-refractivity contribution in [3.8, 4) is 11.3 Å². The molecule has 3 nitrogen and oxygen atoms in total. The number of halogens is 1. The zero-order chi connectivity index (χ0) is 18.8. The number of thioether (sulfide) groups is 1. The van der Waals surface area contributed by atoms with Crippen molar-refractivity contribution < 1.29 is 4.79 Å². The van der Waals surface area contributed by atoms with Crippen molar-refractivity contribution in [2.24, 2.45) is 0 Å². The van der Waals surface area contributed by atoms with Gasteiger partial charge >= 0.3 is 0 Å². The Morgan fingerprint density at radius 3 is 2.78 bits per heavy atom. The van der Waals surface area contributed by atoms with E-state index in [9.17, 15) is 4.79 Å². The lowest BCUT2D eigenvalue weighted by atomic mass is 9.97. The zero-order valence-electron chi connectivity index (χ0n) is 14.9. The second-order valence-electron chi connectivity index (χ2n) is 6.47. The molecule has 7 heteroatoms. The van der Waals surface area contributed by atoms with Crippen molar-refractivity contribution >= 4 is 56.3 Å². The number of aromatic nitrogens is 1. The molecule has 3 aromatic rings. The van der Waals surface area contributed by atoms with Crippen LogP contribution >= 0.6 is 50.4 Å². The standard InChI is InChI=1S/C20H19BrN2OS3/c1-25-18-6-5-17(27-18)20(24)23-9-7-13(8-10-23)19-22-16(12-26-19)14-3-2-4-15(21)11-14/h2-6,11-13H,7-10H2,1H3. The molecule has 1 aliphatic heterocycles. The Balaban J connectivity index is 1.40. The fraction of sp³-hybridized carbons (Fsp3) is 0.300.